The summed E-state index contributed by atoms with van der Waals surface area (Å²) in [7, 11) is -4.12. The molecule has 0 saturated heterocycles. The SMILES string of the molecule is O=S(=O)(Nc1ncc(Cl)nc1OCc1ccc2c(c1)OCO2)c1cccc(Cl)c1Cl. The van der Waals surface area contributed by atoms with Gasteiger partial charge in [0.2, 0.25) is 12.6 Å². The molecule has 1 aromatic heterocycles. The largest absolute Gasteiger partial charge is 0.470 e. The van der Waals surface area contributed by atoms with Crippen LogP contribution in [-0.4, -0.2) is 25.2 Å². The maximum absolute atomic E-state index is 12.8. The maximum atomic E-state index is 12.8. The number of hydrogen-bond acceptors (Lipinski definition) is 7. The van der Waals surface area contributed by atoms with Gasteiger partial charge in [0.25, 0.3) is 15.9 Å². The Morgan fingerprint density at radius 2 is 1.90 bits per heavy atom. The summed E-state index contributed by atoms with van der Waals surface area (Å²) in [5.41, 5.74) is 0.743. The van der Waals surface area contributed by atoms with Crippen LogP contribution in [0.1, 0.15) is 5.56 Å². The first kappa shape index (κ1) is 20.8. The number of hydrogen-bond donors (Lipinski definition) is 1. The van der Waals surface area contributed by atoms with Crippen LogP contribution < -0.4 is 18.9 Å². The Bertz CT molecular complexity index is 1220. The molecule has 8 nitrogen and oxygen atoms in total. The van der Waals surface area contributed by atoms with Gasteiger partial charge in [-0.2, -0.15) is 4.98 Å². The molecule has 1 aliphatic rings. The summed E-state index contributed by atoms with van der Waals surface area (Å²) in [6.45, 7) is 0.204. The first-order valence-corrected chi connectivity index (χ1v) is 11.0. The van der Waals surface area contributed by atoms with Gasteiger partial charge in [-0.15, -0.1) is 0 Å². The summed E-state index contributed by atoms with van der Waals surface area (Å²) >= 11 is 17.9. The van der Waals surface area contributed by atoms with Gasteiger partial charge in [0, 0.05) is 0 Å². The third-order valence-electron chi connectivity index (χ3n) is 3.96. The van der Waals surface area contributed by atoms with Crippen molar-refractivity contribution < 1.29 is 22.6 Å². The van der Waals surface area contributed by atoms with Crippen LogP contribution in [0.15, 0.2) is 47.5 Å². The van der Waals surface area contributed by atoms with Crippen LogP contribution in [0.25, 0.3) is 0 Å². The van der Waals surface area contributed by atoms with Crippen molar-refractivity contribution in [1.29, 1.82) is 0 Å². The number of ether oxygens (including phenoxy) is 3. The molecule has 12 heteroatoms. The van der Waals surface area contributed by atoms with Crippen molar-refractivity contribution in [2.75, 3.05) is 11.5 Å². The van der Waals surface area contributed by atoms with Crippen LogP contribution in [0.5, 0.6) is 17.4 Å². The fourth-order valence-electron chi connectivity index (χ4n) is 2.58. The molecular formula is C18H12Cl3N3O5S. The second kappa shape index (κ2) is 8.35. The Balaban J connectivity index is 1.58. The lowest BCUT2D eigenvalue weighted by atomic mass is 10.2. The lowest BCUT2D eigenvalue weighted by molar-refractivity contribution is 0.174. The zero-order valence-electron chi connectivity index (χ0n) is 14.9. The Morgan fingerprint density at radius 3 is 2.73 bits per heavy atom. The van der Waals surface area contributed by atoms with Gasteiger partial charge in [0.05, 0.1) is 16.2 Å². The fraction of sp³-hybridized carbons (Fsp3) is 0.111. The van der Waals surface area contributed by atoms with Crippen molar-refractivity contribution in [3.8, 4) is 17.4 Å². The number of halogens is 3. The van der Waals surface area contributed by atoms with E-state index in [0.717, 1.165) is 5.56 Å². The number of aromatic nitrogens is 2. The average Bonchev–Trinajstić information content (AvgIpc) is 3.18. The number of anilines is 1. The second-order valence-electron chi connectivity index (χ2n) is 5.98. The van der Waals surface area contributed by atoms with E-state index in [0.29, 0.717) is 11.5 Å². The van der Waals surface area contributed by atoms with E-state index in [2.05, 4.69) is 14.7 Å². The summed E-state index contributed by atoms with van der Waals surface area (Å²) in [6.07, 6.45) is 1.19. The third kappa shape index (κ3) is 4.34. The number of benzene rings is 2. The van der Waals surface area contributed by atoms with Gasteiger partial charge in [-0.05, 0) is 29.8 Å². The van der Waals surface area contributed by atoms with E-state index in [1.165, 1.54) is 24.4 Å². The van der Waals surface area contributed by atoms with E-state index in [1.54, 1.807) is 18.2 Å². The summed E-state index contributed by atoms with van der Waals surface area (Å²) < 4.78 is 44.1. The molecule has 0 aliphatic carbocycles. The molecule has 0 bridgehead atoms. The summed E-state index contributed by atoms with van der Waals surface area (Å²) in [4.78, 5) is 7.79. The van der Waals surface area contributed by atoms with Gasteiger partial charge in [-0.1, -0.05) is 46.9 Å². The Morgan fingerprint density at radius 1 is 1.10 bits per heavy atom. The molecule has 3 aromatic rings. The van der Waals surface area contributed by atoms with Crippen molar-refractivity contribution in [3.63, 3.8) is 0 Å². The topological polar surface area (TPSA) is 99.6 Å². The standard InChI is InChI=1S/C18H12Cl3N3O5S/c19-11-2-1-3-14(16(11)21)30(25,26)24-17-18(23-15(20)7-22-17)27-8-10-4-5-12-13(6-10)29-9-28-12/h1-7H,8-9H2,(H,22,24). The normalized spacial score (nSPS) is 12.6. The van der Waals surface area contributed by atoms with Crippen LogP contribution in [0.3, 0.4) is 0 Å². The molecule has 0 spiro atoms. The molecule has 156 valence electrons. The smallest absolute Gasteiger partial charge is 0.264 e. The average molecular weight is 489 g/mol. The van der Waals surface area contributed by atoms with Crippen molar-refractivity contribution >= 4 is 50.6 Å². The highest BCUT2D eigenvalue weighted by atomic mass is 35.5. The molecule has 1 N–H and O–H groups in total. The molecule has 0 radical (unpaired) electrons. The van der Waals surface area contributed by atoms with Crippen molar-refractivity contribution in [3.05, 3.63) is 63.4 Å². The predicted molar refractivity (Wildman–Crippen MR) is 111 cm³/mol. The van der Waals surface area contributed by atoms with E-state index >= 15 is 0 Å². The number of nitrogens with one attached hydrogen (secondary N) is 1. The van der Waals surface area contributed by atoms with E-state index in [-0.39, 0.29) is 45.2 Å². The maximum Gasteiger partial charge on any atom is 0.264 e. The lowest BCUT2D eigenvalue weighted by Crippen LogP contribution is -2.16. The highest BCUT2D eigenvalue weighted by Gasteiger charge is 2.23. The number of rotatable bonds is 6. The number of sulfonamides is 1. The molecule has 4 rings (SSSR count). The van der Waals surface area contributed by atoms with E-state index in [1.807, 2.05) is 0 Å². The van der Waals surface area contributed by atoms with Gasteiger partial charge >= 0.3 is 0 Å². The predicted octanol–water partition coefficient (Wildman–Crippen LogP) is 4.55. The van der Waals surface area contributed by atoms with Gasteiger partial charge in [-0.3, -0.25) is 4.72 Å². The molecular weight excluding hydrogens is 477 g/mol. The van der Waals surface area contributed by atoms with Crippen LogP contribution >= 0.6 is 34.8 Å². The zero-order chi connectivity index (χ0) is 21.3. The fourth-order valence-corrected chi connectivity index (χ4v) is 4.47. The molecule has 2 heterocycles. The second-order valence-corrected chi connectivity index (χ2v) is 8.80. The van der Waals surface area contributed by atoms with Gasteiger partial charge < -0.3 is 14.2 Å². The van der Waals surface area contributed by atoms with E-state index in [4.69, 9.17) is 49.0 Å². The van der Waals surface area contributed by atoms with Gasteiger partial charge in [-0.25, -0.2) is 13.4 Å². The van der Waals surface area contributed by atoms with Crippen molar-refractivity contribution in [2.24, 2.45) is 0 Å². The number of fused-ring (bicyclic) bond motifs is 1. The van der Waals surface area contributed by atoms with Crippen LogP contribution in [0.4, 0.5) is 5.82 Å². The first-order chi connectivity index (χ1) is 14.3. The highest BCUT2D eigenvalue weighted by molar-refractivity contribution is 7.92. The molecule has 0 fully saturated rings. The molecule has 1 aliphatic heterocycles. The molecule has 0 amide bonds. The molecule has 30 heavy (non-hydrogen) atoms. The van der Waals surface area contributed by atoms with Crippen molar-refractivity contribution in [2.45, 2.75) is 11.5 Å². The van der Waals surface area contributed by atoms with Crippen LogP contribution in [0, 0.1) is 0 Å². The Labute approximate surface area is 186 Å². The minimum absolute atomic E-state index is 0.0272. The minimum atomic E-state index is -4.12. The van der Waals surface area contributed by atoms with Gasteiger partial charge in [0.15, 0.2) is 16.7 Å². The quantitative estimate of drug-likeness (QED) is 0.543. The zero-order valence-corrected chi connectivity index (χ0v) is 18.0. The summed E-state index contributed by atoms with van der Waals surface area (Å²) in [5.74, 6) is 0.955. The van der Waals surface area contributed by atoms with Gasteiger partial charge in [0.1, 0.15) is 11.5 Å². The Hall–Kier alpha value is -2.46. The molecule has 0 saturated carbocycles. The van der Waals surface area contributed by atoms with Crippen molar-refractivity contribution in [1.82, 2.24) is 9.97 Å². The van der Waals surface area contributed by atoms with E-state index < -0.39 is 10.0 Å². The van der Waals surface area contributed by atoms with Crippen LogP contribution in [-0.2, 0) is 16.6 Å². The monoisotopic (exact) mass is 487 g/mol. The first-order valence-electron chi connectivity index (χ1n) is 8.34. The highest BCUT2D eigenvalue weighted by Crippen LogP contribution is 2.34. The van der Waals surface area contributed by atoms with E-state index in [9.17, 15) is 8.42 Å². The third-order valence-corrected chi connectivity index (χ3v) is 6.45. The molecule has 0 unspecified atom stereocenters. The van der Waals surface area contributed by atoms with Crippen LogP contribution in [0.2, 0.25) is 15.2 Å². The summed E-state index contributed by atoms with van der Waals surface area (Å²) in [6, 6.07) is 9.53. The Kier molecular flexibility index (Phi) is 5.79. The summed E-state index contributed by atoms with van der Waals surface area (Å²) in [5, 5.41) is 0.0110. The molecule has 2 aromatic carbocycles. The number of nitrogens with zero attached hydrogens (tertiary/aromatic N) is 2. The lowest BCUT2D eigenvalue weighted by Gasteiger charge is -2.13. The molecule has 0 atom stereocenters. The minimum Gasteiger partial charge on any atom is -0.470 e.